The van der Waals surface area contributed by atoms with Crippen molar-refractivity contribution in [1.29, 1.82) is 0 Å². The number of hydrogen-bond acceptors (Lipinski definition) is 6. The first kappa shape index (κ1) is 25.3. The molecule has 10 heteroatoms. The third-order valence-electron chi connectivity index (χ3n) is 8.29. The summed E-state index contributed by atoms with van der Waals surface area (Å²) in [6, 6.07) is 7.44. The number of ether oxygens (including phenoxy) is 1. The van der Waals surface area contributed by atoms with Gasteiger partial charge < -0.3 is 25.6 Å². The lowest BCUT2D eigenvalue weighted by Crippen LogP contribution is -2.62. The minimum absolute atomic E-state index is 0.00993. The number of likely N-dealkylation sites (tertiary alicyclic amines) is 1. The highest BCUT2D eigenvalue weighted by Crippen LogP contribution is 2.48. The van der Waals surface area contributed by atoms with Gasteiger partial charge in [0.1, 0.15) is 5.75 Å². The molecule has 0 spiro atoms. The molecule has 0 aromatic heterocycles. The molecule has 4 amide bonds. The van der Waals surface area contributed by atoms with Gasteiger partial charge in [-0.2, -0.15) is 0 Å². The van der Waals surface area contributed by atoms with Crippen LogP contribution >= 0.6 is 11.8 Å². The predicted octanol–water partition coefficient (Wildman–Crippen LogP) is 3.09. The number of benzene rings is 1. The van der Waals surface area contributed by atoms with Crippen molar-refractivity contribution in [3.63, 3.8) is 0 Å². The lowest BCUT2D eigenvalue weighted by Gasteiger charge is -2.45. The van der Waals surface area contributed by atoms with Crippen LogP contribution in [0.5, 0.6) is 5.75 Å². The lowest BCUT2D eigenvalue weighted by atomic mass is 9.86. The Morgan fingerprint density at radius 3 is 2.82 bits per heavy atom. The first-order valence-corrected chi connectivity index (χ1v) is 14.6. The van der Waals surface area contributed by atoms with Crippen molar-refractivity contribution in [2.75, 3.05) is 24.5 Å². The van der Waals surface area contributed by atoms with Crippen molar-refractivity contribution < 1.29 is 19.1 Å². The van der Waals surface area contributed by atoms with Gasteiger partial charge in [0.2, 0.25) is 5.91 Å². The number of hydrogen-bond donors (Lipinski definition) is 3. The molecule has 4 heterocycles. The Morgan fingerprint density at radius 1 is 1.16 bits per heavy atom. The minimum Gasteiger partial charge on any atom is -0.490 e. The van der Waals surface area contributed by atoms with Crippen LogP contribution in [-0.2, 0) is 9.59 Å². The van der Waals surface area contributed by atoms with Crippen molar-refractivity contribution in [3.8, 4) is 5.75 Å². The molecular weight excluding hydrogens is 502 g/mol. The molecule has 3 saturated heterocycles. The average molecular weight is 538 g/mol. The van der Waals surface area contributed by atoms with Crippen LogP contribution in [0.4, 0.5) is 10.5 Å². The molecule has 5 aliphatic rings. The zero-order valence-electron chi connectivity index (χ0n) is 21.5. The molecule has 0 bridgehead atoms. The van der Waals surface area contributed by atoms with Crippen LogP contribution in [0.25, 0.3) is 0 Å². The molecule has 3 N–H and O–H groups in total. The molecule has 6 rings (SSSR count). The number of carbonyl (C=O) groups excluding carboxylic acids is 3. The van der Waals surface area contributed by atoms with E-state index < -0.39 is 0 Å². The van der Waals surface area contributed by atoms with E-state index in [1.807, 2.05) is 29.2 Å². The fourth-order valence-corrected chi connectivity index (χ4v) is 7.90. The van der Waals surface area contributed by atoms with Crippen molar-refractivity contribution in [2.24, 2.45) is 5.92 Å². The molecule has 1 saturated carbocycles. The SMILES string of the molecule is C=CC(=O)N1CCC[C@@H](NC(=O)C2=C3NC(=O)N(c4cccc(OC5CCCC5)c4)C4CCNC(S2)C34)C1. The van der Waals surface area contributed by atoms with Gasteiger partial charge >= 0.3 is 6.03 Å². The van der Waals surface area contributed by atoms with E-state index in [1.54, 1.807) is 4.90 Å². The largest absolute Gasteiger partial charge is 0.490 e. The van der Waals surface area contributed by atoms with E-state index in [0.29, 0.717) is 23.7 Å². The van der Waals surface area contributed by atoms with Crippen LogP contribution in [0.2, 0.25) is 0 Å². The Labute approximate surface area is 227 Å². The third-order valence-corrected chi connectivity index (χ3v) is 9.65. The lowest BCUT2D eigenvalue weighted by molar-refractivity contribution is -0.128. The number of nitrogens with one attached hydrogen (secondary N) is 3. The maximum Gasteiger partial charge on any atom is 0.326 e. The number of piperidine rings is 2. The predicted molar refractivity (Wildman–Crippen MR) is 147 cm³/mol. The molecule has 1 aromatic rings. The van der Waals surface area contributed by atoms with Crippen LogP contribution in [0.15, 0.2) is 47.5 Å². The maximum absolute atomic E-state index is 13.5. The first-order chi connectivity index (χ1) is 18.5. The number of anilines is 1. The Hall–Kier alpha value is -2.98. The topological polar surface area (TPSA) is 103 Å². The highest BCUT2D eigenvalue weighted by atomic mass is 32.2. The van der Waals surface area contributed by atoms with Crippen LogP contribution in [0, 0.1) is 5.92 Å². The molecule has 3 unspecified atom stereocenters. The standard InChI is InChI=1S/C28H35N5O4S/c1-2-22(34)32-14-6-7-17(16-32)30-26(35)25-24-23-21(12-13-29-27(23)38-25)33(28(36)31-24)18-8-5-11-20(15-18)37-19-9-3-4-10-19/h2,5,8,11,15,17,19,21,23,27,29H,1,3-4,6-7,9-10,12-14,16H2,(H,30,35)(H,31,36)/t17-,21?,23?,27?/m1/s1. The highest BCUT2D eigenvalue weighted by Gasteiger charge is 2.51. The second kappa shape index (κ2) is 10.6. The second-order valence-electron chi connectivity index (χ2n) is 10.7. The summed E-state index contributed by atoms with van der Waals surface area (Å²) < 4.78 is 6.22. The summed E-state index contributed by atoms with van der Waals surface area (Å²) in [5.41, 5.74) is 1.53. The van der Waals surface area contributed by atoms with E-state index in [2.05, 4.69) is 22.5 Å². The van der Waals surface area contributed by atoms with Crippen molar-refractivity contribution in [3.05, 3.63) is 47.5 Å². The van der Waals surface area contributed by atoms with E-state index in [-0.39, 0.29) is 47.3 Å². The van der Waals surface area contributed by atoms with Gasteiger partial charge in [-0.05, 0) is 69.7 Å². The smallest absolute Gasteiger partial charge is 0.326 e. The van der Waals surface area contributed by atoms with Crippen LogP contribution in [-0.4, -0.2) is 65.9 Å². The number of rotatable bonds is 6. The summed E-state index contributed by atoms with van der Waals surface area (Å²) in [7, 11) is 0. The zero-order chi connectivity index (χ0) is 26.2. The summed E-state index contributed by atoms with van der Waals surface area (Å²) in [5.74, 6) is 0.485. The normalized spacial score (nSPS) is 29.1. The molecule has 4 aliphatic heterocycles. The molecule has 1 aliphatic carbocycles. The zero-order valence-corrected chi connectivity index (χ0v) is 22.3. The van der Waals surface area contributed by atoms with Gasteiger partial charge in [-0.25, -0.2) is 4.79 Å². The summed E-state index contributed by atoms with van der Waals surface area (Å²) >= 11 is 1.50. The fourth-order valence-electron chi connectivity index (χ4n) is 6.50. The first-order valence-electron chi connectivity index (χ1n) is 13.7. The number of nitrogens with zero attached hydrogens (tertiary/aromatic N) is 2. The van der Waals surface area contributed by atoms with Crippen molar-refractivity contribution in [2.45, 2.75) is 68.5 Å². The fraction of sp³-hybridized carbons (Fsp3) is 0.536. The molecule has 9 nitrogen and oxygen atoms in total. The summed E-state index contributed by atoms with van der Waals surface area (Å²) in [6.07, 6.45) is 8.55. The van der Waals surface area contributed by atoms with Gasteiger partial charge in [-0.3, -0.25) is 14.5 Å². The van der Waals surface area contributed by atoms with E-state index in [0.717, 1.165) is 50.1 Å². The minimum atomic E-state index is -0.215. The van der Waals surface area contributed by atoms with Crippen molar-refractivity contribution >= 4 is 35.3 Å². The number of thioether (sulfide) groups is 1. The van der Waals surface area contributed by atoms with Gasteiger partial charge in [0, 0.05) is 42.5 Å². The van der Waals surface area contributed by atoms with Crippen molar-refractivity contribution in [1.82, 2.24) is 20.9 Å². The number of urea groups is 1. The molecular formula is C28H35N5O4S. The highest BCUT2D eigenvalue weighted by molar-refractivity contribution is 8.04. The maximum atomic E-state index is 13.5. The molecule has 38 heavy (non-hydrogen) atoms. The monoisotopic (exact) mass is 537 g/mol. The van der Waals surface area contributed by atoms with Crippen LogP contribution < -0.4 is 25.6 Å². The Bertz CT molecular complexity index is 1170. The Balaban J connectivity index is 1.21. The van der Waals surface area contributed by atoms with Crippen LogP contribution in [0.1, 0.15) is 44.9 Å². The Kier molecular flexibility index (Phi) is 7.09. The number of carbonyl (C=O) groups is 3. The summed E-state index contributed by atoms with van der Waals surface area (Å²) in [6.45, 7) is 5.49. The molecule has 202 valence electrons. The summed E-state index contributed by atoms with van der Waals surface area (Å²) in [5, 5.41) is 9.76. The summed E-state index contributed by atoms with van der Waals surface area (Å²) in [4.78, 5) is 43.2. The quantitative estimate of drug-likeness (QED) is 0.482. The van der Waals surface area contributed by atoms with Gasteiger partial charge in [0.25, 0.3) is 5.91 Å². The number of amides is 4. The van der Waals surface area contributed by atoms with Gasteiger partial charge in [0.05, 0.1) is 22.4 Å². The second-order valence-corrected chi connectivity index (χ2v) is 11.9. The van der Waals surface area contributed by atoms with E-state index in [4.69, 9.17) is 4.74 Å². The molecule has 1 aromatic carbocycles. The Morgan fingerprint density at radius 2 is 2.00 bits per heavy atom. The van der Waals surface area contributed by atoms with E-state index in [1.165, 1.54) is 30.7 Å². The molecule has 4 atom stereocenters. The third kappa shape index (κ3) is 4.80. The van der Waals surface area contributed by atoms with Gasteiger partial charge in [0.15, 0.2) is 0 Å². The van der Waals surface area contributed by atoms with Gasteiger partial charge in [-0.1, -0.05) is 24.4 Å². The molecule has 0 radical (unpaired) electrons. The van der Waals surface area contributed by atoms with Crippen LogP contribution in [0.3, 0.4) is 0 Å². The molecule has 4 fully saturated rings. The van der Waals surface area contributed by atoms with E-state index >= 15 is 0 Å². The van der Waals surface area contributed by atoms with Gasteiger partial charge in [-0.15, -0.1) is 0 Å². The average Bonchev–Trinajstić information content (AvgIpc) is 3.57. The van der Waals surface area contributed by atoms with E-state index in [9.17, 15) is 14.4 Å².